The van der Waals surface area contributed by atoms with E-state index in [0.29, 0.717) is 47.0 Å². The van der Waals surface area contributed by atoms with E-state index in [9.17, 15) is 9.90 Å². The quantitative estimate of drug-likeness (QED) is 0.376. The van der Waals surface area contributed by atoms with Crippen LogP contribution in [0.4, 0.5) is 0 Å². The van der Waals surface area contributed by atoms with E-state index in [4.69, 9.17) is 19.3 Å². The van der Waals surface area contributed by atoms with E-state index < -0.39 is 11.6 Å². The van der Waals surface area contributed by atoms with Crippen molar-refractivity contribution in [2.45, 2.75) is 18.4 Å². The first-order chi connectivity index (χ1) is 15.0. The molecule has 3 aromatic carbocycles. The van der Waals surface area contributed by atoms with Crippen molar-refractivity contribution < 1.29 is 29.2 Å². The average Bonchev–Trinajstić information content (AvgIpc) is 2.81. The molecule has 0 atom stereocenters. The number of aliphatic carboxylic acids is 1. The molecule has 0 aliphatic carbocycles. The fourth-order valence-corrected chi connectivity index (χ4v) is 3.37. The molecule has 0 radical (unpaired) electrons. The second kappa shape index (κ2) is 10.00. The van der Waals surface area contributed by atoms with Gasteiger partial charge >= 0.3 is 5.97 Å². The summed E-state index contributed by atoms with van der Waals surface area (Å²) in [7, 11) is 3.19. The summed E-state index contributed by atoms with van der Waals surface area (Å²) in [6.07, 6.45) is 0.492. The van der Waals surface area contributed by atoms with Gasteiger partial charge < -0.3 is 24.4 Å². The first-order valence-corrected chi connectivity index (χ1v) is 9.94. The lowest BCUT2D eigenvalue weighted by molar-refractivity contribution is -0.137. The van der Waals surface area contributed by atoms with E-state index in [1.807, 2.05) is 48.5 Å². The zero-order valence-electron chi connectivity index (χ0n) is 17.6. The van der Waals surface area contributed by atoms with Crippen LogP contribution in [0.5, 0.6) is 17.2 Å². The summed E-state index contributed by atoms with van der Waals surface area (Å²) in [6.45, 7) is 0.312. The van der Waals surface area contributed by atoms with Gasteiger partial charge in [0.2, 0.25) is 0 Å². The normalized spacial score (nSPS) is 11.1. The summed E-state index contributed by atoms with van der Waals surface area (Å²) in [5.74, 6) is 1.17. The van der Waals surface area contributed by atoms with E-state index in [0.717, 1.165) is 0 Å². The van der Waals surface area contributed by atoms with Gasteiger partial charge in [-0.2, -0.15) is 0 Å². The maximum Gasteiger partial charge on any atom is 0.303 e. The molecule has 0 aliphatic rings. The molecule has 0 amide bonds. The molecule has 6 nitrogen and oxygen atoms in total. The maximum absolute atomic E-state index is 11.9. The molecular weight excluding hydrogens is 396 g/mol. The van der Waals surface area contributed by atoms with Gasteiger partial charge in [0.15, 0.2) is 0 Å². The van der Waals surface area contributed by atoms with Gasteiger partial charge in [0.1, 0.15) is 22.8 Å². The minimum absolute atomic E-state index is 0.0623. The standard InChI is InChI=1S/C25H26O6/c1-29-21-11-5-18(6-12-21)25(28,19-7-13-22(30-2)14-8-19)20-9-15-23(16-10-20)31-17-3-4-24(26)27/h5-16,28H,3-4,17H2,1-2H3,(H,26,27). The highest BCUT2D eigenvalue weighted by molar-refractivity contribution is 5.66. The van der Waals surface area contributed by atoms with E-state index in [1.54, 1.807) is 38.5 Å². The van der Waals surface area contributed by atoms with E-state index in [-0.39, 0.29) is 6.42 Å². The van der Waals surface area contributed by atoms with E-state index in [1.165, 1.54) is 0 Å². The van der Waals surface area contributed by atoms with Crippen LogP contribution >= 0.6 is 0 Å². The van der Waals surface area contributed by atoms with E-state index in [2.05, 4.69) is 0 Å². The first kappa shape index (κ1) is 22.2. The predicted molar refractivity (Wildman–Crippen MR) is 117 cm³/mol. The van der Waals surface area contributed by atoms with Crippen LogP contribution in [0.1, 0.15) is 29.5 Å². The van der Waals surface area contributed by atoms with Crippen molar-refractivity contribution in [1.82, 2.24) is 0 Å². The molecular formula is C25H26O6. The van der Waals surface area contributed by atoms with Gasteiger partial charge in [-0.15, -0.1) is 0 Å². The van der Waals surface area contributed by atoms with Gasteiger partial charge in [0.05, 0.1) is 20.8 Å². The SMILES string of the molecule is COc1ccc(C(O)(c2ccc(OC)cc2)c2ccc(OCCCC(=O)O)cc2)cc1. The first-order valence-electron chi connectivity index (χ1n) is 9.94. The lowest BCUT2D eigenvalue weighted by Gasteiger charge is -2.30. The maximum atomic E-state index is 11.9. The Balaban J connectivity index is 1.92. The monoisotopic (exact) mass is 422 g/mol. The van der Waals surface area contributed by atoms with Crippen molar-refractivity contribution in [3.8, 4) is 17.2 Å². The number of rotatable bonds is 10. The van der Waals surface area contributed by atoms with Crippen molar-refractivity contribution in [2.75, 3.05) is 20.8 Å². The molecule has 162 valence electrons. The summed E-state index contributed by atoms with van der Waals surface area (Å²) in [6, 6.07) is 21.7. The topological polar surface area (TPSA) is 85.2 Å². The average molecular weight is 422 g/mol. The van der Waals surface area contributed by atoms with Crippen molar-refractivity contribution in [2.24, 2.45) is 0 Å². The Morgan fingerprint density at radius 3 is 1.48 bits per heavy atom. The molecule has 3 aromatic rings. The zero-order valence-corrected chi connectivity index (χ0v) is 17.6. The Morgan fingerprint density at radius 2 is 1.13 bits per heavy atom. The van der Waals surface area contributed by atoms with Crippen LogP contribution < -0.4 is 14.2 Å². The lowest BCUT2D eigenvalue weighted by Crippen LogP contribution is -2.28. The Kier molecular flexibility index (Phi) is 7.15. The highest BCUT2D eigenvalue weighted by atomic mass is 16.5. The van der Waals surface area contributed by atoms with Crippen LogP contribution in [-0.4, -0.2) is 37.0 Å². The molecule has 0 aliphatic heterocycles. The van der Waals surface area contributed by atoms with Crippen molar-refractivity contribution in [3.63, 3.8) is 0 Å². The Hall–Kier alpha value is -3.51. The van der Waals surface area contributed by atoms with Gasteiger partial charge in [0, 0.05) is 6.42 Å². The van der Waals surface area contributed by atoms with Crippen LogP contribution in [0.15, 0.2) is 72.8 Å². The smallest absolute Gasteiger partial charge is 0.303 e. The minimum Gasteiger partial charge on any atom is -0.497 e. The number of aliphatic hydroxyl groups is 1. The number of benzene rings is 3. The van der Waals surface area contributed by atoms with E-state index >= 15 is 0 Å². The number of carbonyl (C=O) groups is 1. The summed E-state index contributed by atoms with van der Waals surface area (Å²) in [5.41, 5.74) is 0.642. The molecule has 0 aromatic heterocycles. The number of hydrogen-bond donors (Lipinski definition) is 2. The van der Waals surface area contributed by atoms with Gasteiger partial charge in [0.25, 0.3) is 0 Å². The third-order valence-corrected chi connectivity index (χ3v) is 5.09. The number of hydrogen-bond acceptors (Lipinski definition) is 5. The molecule has 0 fully saturated rings. The number of ether oxygens (including phenoxy) is 3. The van der Waals surface area contributed by atoms with Gasteiger partial charge in [-0.05, 0) is 59.5 Å². The highest BCUT2D eigenvalue weighted by Crippen LogP contribution is 2.38. The minimum atomic E-state index is -1.40. The van der Waals surface area contributed by atoms with Crippen LogP contribution in [0.2, 0.25) is 0 Å². The molecule has 31 heavy (non-hydrogen) atoms. The van der Waals surface area contributed by atoms with Gasteiger partial charge in [-0.25, -0.2) is 0 Å². The molecule has 0 bridgehead atoms. The van der Waals surface area contributed by atoms with Gasteiger partial charge in [-0.3, -0.25) is 4.79 Å². The van der Waals surface area contributed by atoms with Crippen LogP contribution in [-0.2, 0) is 10.4 Å². The molecule has 0 saturated carbocycles. The summed E-state index contributed by atoms with van der Waals surface area (Å²) >= 11 is 0. The Bertz CT molecular complexity index is 931. The second-order valence-corrected chi connectivity index (χ2v) is 7.04. The predicted octanol–water partition coefficient (Wildman–Crippen LogP) is 4.23. The molecule has 3 rings (SSSR count). The lowest BCUT2D eigenvalue weighted by atomic mass is 9.80. The third-order valence-electron chi connectivity index (χ3n) is 5.09. The fraction of sp³-hybridized carbons (Fsp3) is 0.240. The fourth-order valence-electron chi connectivity index (χ4n) is 3.37. The second-order valence-electron chi connectivity index (χ2n) is 7.04. The van der Waals surface area contributed by atoms with Gasteiger partial charge in [-0.1, -0.05) is 36.4 Å². The molecule has 0 heterocycles. The van der Waals surface area contributed by atoms with Crippen molar-refractivity contribution >= 4 is 5.97 Å². The van der Waals surface area contributed by atoms with Crippen molar-refractivity contribution in [3.05, 3.63) is 89.5 Å². The number of carboxylic acid groups (broad SMARTS) is 1. The molecule has 6 heteroatoms. The number of methoxy groups -OCH3 is 2. The largest absolute Gasteiger partial charge is 0.497 e. The van der Waals surface area contributed by atoms with Crippen LogP contribution in [0.3, 0.4) is 0 Å². The number of carboxylic acids is 1. The third kappa shape index (κ3) is 5.16. The summed E-state index contributed by atoms with van der Waals surface area (Å²) in [4.78, 5) is 10.6. The Morgan fingerprint density at radius 1 is 0.742 bits per heavy atom. The van der Waals surface area contributed by atoms with Crippen LogP contribution in [0.25, 0.3) is 0 Å². The van der Waals surface area contributed by atoms with Crippen LogP contribution in [0, 0.1) is 0 Å². The molecule has 0 spiro atoms. The molecule has 0 saturated heterocycles. The Labute approximate surface area is 181 Å². The summed E-state index contributed by atoms with van der Waals surface area (Å²) < 4.78 is 16.1. The van der Waals surface area contributed by atoms with Crippen molar-refractivity contribution in [1.29, 1.82) is 0 Å². The molecule has 0 unspecified atom stereocenters. The summed E-state index contributed by atoms with van der Waals surface area (Å²) in [5, 5.41) is 20.7. The molecule has 2 N–H and O–H groups in total. The highest BCUT2D eigenvalue weighted by Gasteiger charge is 2.34. The zero-order chi connectivity index (χ0) is 22.3.